The van der Waals surface area contributed by atoms with E-state index < -0.39 is 11.6 Å². The minimum Gasteiger partial charge on any atom is -0.311 e. The fourth-order valence-electron chi connectivity index (χ4n) is 1.30. The molecule has 0 amide bonds. The zero-order valence-corrected chi connectivity index (χ0v) is 10.2. The van der Waals surface area contributed by atoms with Crippen molar-refractivity contribution in [2.24, 2.45) is 0 Å². The first kappa shape index (κ1) is 12.1. The summed E-state index contributed by atoms with van der Waals surface area (Å²) in [5, 5.41) is 12.1. The highest BCUT2D eigenvalue weighted by molar-refractivity contribution is 7.14. The van der Waals surface area contributed by atoms with Crippen LogP contribution in [0.5, 0.6) is 0 Å². The van der Waals surface area contributed by atoms with Crippen LogP contribution >= 0.6 is 11.3 Å². The van der Waals surface area contributed by atoms with Crippen LogP contribution in [-0.4, -0.2) is 17.2 Å². The number of halogens is 2. The quantitative estimate of drug-likeness (QED) is 0.916. The summed E-state index contributed by atoms with van der Waals surface area (Å²) in [6.45, 7) is 1.94. The molecule has 90 valence electrons. The third-order valence-corrected chi connectivity index (χ3v) is 3.54. The predicted octanol–water partition coefficient (Wildman–Crippen LogP) is 2.76. The van der Waals surface area contributed by atoms with Gasteiger partial charge in [0.05, 0.1) is 6.04 Å². The van der Waals surface area contributed by atoms with Gasteiger partial charge in [0.15, 0.2) is 5.01 Å². The summed E-state index contributed by atoms with van der Waals surface area (Å²) in [7, 11) is 1.81. The van der Waals surface area contributed by atoms with E-state index in [1.807, 2.05) is 14.0 Å². The van der Waals surface area contributed by atoms with Crippen LogP contribution in [0.25, 0.3) is 10.6 Å². The molecule has 3 nitrogen and oxygen atoms in total. The van der Waals surface area contributed by atoms with Crippen molar-refractivity contribution in [1.29, 1.82) is 0 Å². The predicted molar refractivity (Wildman–Crippen MR) is 62.7 cm³/mol. The van der Waals surface area contributed by atoms with Gasteiger partial charge in [-0.2, -0.15) is 0 Å². The first-order valence-corrected chi connectivity index (χ1v) is 5.89. The molecular weight excluding hydrogens is 244 g/mol. The Bertz CT molecular complexity index is 527. The Morgan fingerprint density at radius 1 is 1.29 bits per heavy atom. The highest BCUT2D eigenvalue weighted by Crippen LogP contribution is 2.28. The van der Waals surface area contributed by atoms with Crippen molar-refractivity contribution in [3.63, 3.8) is 0 Å². The third-order valence-electron chi connectivity index (χ3n) is 2.41. The van der Waals surface area contributed by atoms with Gasteiger partial charge in [-0.3, -0.25) is 0 Å². The summed E-state index contributed by atoms with van der Waals surface area (Å²) in [6.07, 6.45) is 0. The second-order valence-electron chi connectivity index (χ2n) is 3.58. The maximum absolute atomic E-state index is 13.5. The molecule has 0 saturated heterocycles. The molecule has 1 aromatic carbocycles. The lowest BCUT2D eigenvalue weighted by molar-refractivity contribution is 0.585. The molecule has 0 aliphatic heterocycles. The molecule has 2 aromatic rings. The number of nitrogens with zero attached hydrogens (tertiary/aromatic N) is 2. The van der Waals surface area contributed by atoms with Gasteiger partial charge in [0.1, 0.15) is 16.6 Å². The second-order valence-corrected chi connectivity index (χ2v) is 4.59. The molecule has 0 spiro atoms. The van der Waals surface area contributed by atoms with Crippen molar-refractivity contribution in [1.82, 2.24) is 15.5 Å². The van der Waals surface area contributed by atoms with E-state index in [0.29, 0.717) is 5.01 Å². The number of rotatable bonds is 3. The zero-order valence-electron chi connectivity index (χ0n) is 9.37. The molecule has 0 fully saturated rings. The number of benzene rings is 1. The monoisotopic (exact) mass is 255 g/mol. The topological polar surface area (TPSA) is 37.8 Å². The van der Waals surface area contributed by atoms with Crippen molar-refractivity contribution in [2.75, 3.05) is 7.05 Å². The molecule has 1 unspecified atom stereocenters. The van der Waals surface area contributed by atoms with E-state index in [1.54, 1.807) is 0 Å². The van der Waals surface area contributed by atoms with Crippen molar-refractivity contribution < 1.29 is 8.78 Å². The lowest BCUT2D eigenvalue weighted by atomic mass is 10.2. The van der Waals surface area contributed by atoms with Crippen LogP contribution in [0.2, 0.25) is 0 Å². The fraction of sp³-hybridized carbons (Fsp3) is 0.273. The molecule has 0 aliphatic rings. The molecule has 1 atom stereocenters. The maximum atomic E-state index is 13.5. The van der Waals surface area contributed by atoms with Crippen LogP contribution in [-0.2, 0) is 0 Å². The second kappa shape index (κ2) is 4.85. The van der Waals surface area contributed by atoms with Gasteiger partial charge in [0.25, 0.3) is 0 Å². The van der Waals surface area contributed by atoms with Crippen LogP contribution < -0.4 is 5.32 Å². The van der Waals surface area contributed by atoms with E-state index in [-0.39, 0.29) is 11.6 Å². The molecule has 0 bridgehead atoms. The first-order valence-electron chi connectivity index (χ1n) is 5.08. The average Bonchev–Trinajstić information content (AvgIpc) is 2.77. The highest BCUT2D eigenvalue weighted by atomic mass is 32.1. The van der Waals surface area contributed by atoms with Gasteiger partial charge in [-0.15, -0.1) is 10.2 Å². The van der Waals surface area contributed by atoms with Crippen LogP contribution in [0.15, 0.2) is 18.2 Å². The van der Waals surface area contributed by atoms with Crippen molar-refractivity contribution in [3.8, 4) is 10.6 Å². The Labute approximate surface area is 102 Å². The maximum Gasteiger partial charge on any atom is 0.150 e. The van der Waals surface area contributed by atoms with Crippen molar-refractivity contribution in [2.45, 2.75) is 13.0 Å². The molecule has 0 radical (unpaired) electrons. The van der Waals surface area contributed by atoms with Gasteiger partial charge in [-0.1, -0.05) is 11.3 Å². The van der Waals surface area contributed by atoms with Crippen LogP contribution in [0, 0.1) is 11.6 Å². The molecular formula is C11H11F2N3S. The van der Waals surface area contributed by atoms with Crippen LogP contribution in [0.4, 0.5) is 8.78 Å². The minimum absolute atomic E-state index is 0.0600. The lowest BCUT2D eigenvalue weighted by Crippen LogP contribution is -2.11. The lowest BCUT2D eigenvalue weighted by Gasteiger charge is -2.03. The van der Waals surface area contributed by atoms with Gasteiger partial charge < -0.3 is 5.32 Å². The molecule has 0 saturated carbocycles. The van der Waals surface area contributed by atoms with Gasteiger partial charge in [0, 0.05) is 11.6 Å². The third kappa shape index (κ3) is 2.48. The van der Waals surface area contributed by atoms with Crippen LogP contribution in [0.3, 0.4) is 0 Å². The summed E-state index contributed by atoms with van der Waals surface area (Å²) in [5.41, 5.74) is 0.276. The SMILES string of the molecule is CNC(C)c1nnc(-c2ccc(F)cc2F)s1. The average molecular weight is 255 g/mol. The summed E-state index contributed by atoms with van der Waals surface area (Å²) >= 11 is 1.29. The highest BCUT2D eigenvalue weighted by Gasteiger charge is 2.14. The molecule has 1 heterocycles. The van der Waals surface area contributed by atoms with Gasteiger partial charge >= 0.3 is 0 Å². The zero-order chi connectivity index (χ0) is 12.4. The summed E-state index contributed by atoms with van der Waals surface area (Å²) in [6, 6.07) is 3.49. The molecule has 6 heteroatoms. The normalized spacial score (nSPS) is 12.7. The summed E-state index contributed by atoms with van der Waals surface area (Å²) < 4.78 is 26.3. The Hall–Kier alpha value is -1.40. The number of hydrogen-bond donors (Lipinski definition) is 1. The molecule has 2 rings (SSSR count). The summed E-state index contributed by atoms with van der Waals surface area (Å²) in [5.74, 6) is -1.22. The smallest absolute Gasteiger partial charge is 0.150 e. The number of hydrogen-bond acceptors (Lipinski definition) is 4. The van der Waals surface area contributed by atoms with Crippen LogP contribution in [0.1, 0.15) is 18.0 Å². The molecule has 0 aliphatic carbocycles. The van der Waals surface area contributed by atoms with E-state index in [2.05, 4.69) is 15.5 Å². The Morgan fingerprint density at radius 3 is 2.71 bits per heavy atom. The molecule has 1 N–H and O–H groups in total. The summed E-state index contributed by atoms with van der Waals surface area (Å²) in [4.78, 5) is 0. The van der Waals surface area contributed by atoms with Crippen molar-refractivity contribution in [3.05, 3.63) is 34.8 Å². The van der Waals surface area contributed by atoms with Gasteiger partial charge in [-0.25, -0.2) is 8.78 Å². The Balaban J connectivity index is 2.37. The first-order chi connectivity index (χ1) is 8.11. The fourth-order valence-corrected chi connectivity index (χ4v) is 2.24. The molecule has 17 heavy (non-hydrogen) atoms. The van der Waals surface area contributed by atoms with E-state index in [0.717, 1.165) is 11.1 Å². The largest absolute Gasteiger partial charge is 0.311 e. The standard InChI is InChI=1S/C11H11F2N3S/c1-6(14-2)10-15-16-11(17-10)8-4-3-7(12)5-9(8)13/h3-6,14H,1-2H3. The molecule has 1 aromatic heterocycles. The van der Waals surface area contributed by atoms with E-state index in [4.69, 9.17) is 0 Å². The van der Waals surface area contributed by atoms with E-state index >= 15 is 0 Å². The minimum atomic E-state index is -0.621. The van der Waals surface area contributed by atoms with E-state index in [1.165, 1.54) is 23.5 Å². The number of aromatic nitrogens is 2. The Morgan fingerprint density at radius 2 is 2.06 bits per heavy atom. The van der Waals surface area contributed by atoms with Gasteiger partial charge in [0.2, 0.25) is 0 Å². The van der Waals surface area contributed by atoms with Gasteiger partial charge in [-0.05, 0) is 26.1 Å². The van der Waals surface area contributed by atoms with Crippen molar-refractivity contribution >= 4 is 11.3 Å². The Kier molecular flexibility index (Phi) is 3.44. The van der Waals surface area contributed by atoms with E-state index in [9.17, 15) is 8.78 Å². The number of nitrogens with one attached hydrogen (secondary N) is 1.